The van der Waals surface area contributed by atoms with E-state index in [1.807, 2.05) is 6.08 Å². The molecule has 0 heterocycles. The minimum atomic E-state index is -0.0197. The molecule has 1 fully saturated rings. The van der Waals surface area contributed by atoms with Crippen LogP contribution in [0.15, 0.2) is 12.7 Å². The van der Waals surface area contributed by atoms with Gasteiger partial charge in [-0.2, -0.15) is 0 Å². The number of unbranched alkanes of at least 4 members (excludes halogenated alkanes) is 1. The Morgan fingerprint density at radius 2 is 2.06 bits per heavy atom. The van der Waals surface area contributed by atoms with E-state index in [4.69, 9.17) is 10.5 Å². The molecule has 0 aliphatic heterocycles. The van der Waals surface area contributed by atoms with Crippen LogP contribution in [-0.2, 0) is 4.74 Å². The maximum absolute atomic E-state index is 6.35. The second kappa shape index (κ2) is 7.08. The van der Waals surface area contributed by atoms with Gasteiger partial charge in [-0.15, -0.1) is 6.58 Å². The summed E-state index contributed by atoms with van der Waals surface area (Å²) >= 11 is 0. The summed E-state index contributed by atoms with van der Waals surface area (Å²) in [4.78, 5) is 0. The van der Waals surface area contributed by atoms with Crippen LogP contribution < -0.4 is 5.73 Å². The van der Waals surface area contributed by atoms with Crippen LogP contribution in [0.5, 0.6) is 0 Å². The number of hydrogen-bond donors (Lipinski definition) is 1. The summed E-state index contributed by atoms with van der Waals surface area (Å²) in [6.45, 7) is 6.61. The topological polar surface area (TPSA) is 35.2 Å². The van der Waals surface area contributed by atoms with E-state index >= 15 is 0 Å². The summed E-state index contributed by atoms with van der Waals surface area (Å²) in [5.74, 6) is 0. The van der Waals surface area contributed by atoms with Crippen LogP contribution in [-0.4, -0.2) is 18.2 Å². The molecule has 94 valence electrons. The van der Waals surface area contributed by atoms with Crippen molar-refractivity contribution >= 4 is 0 Å². The summed E-state index contributed by atoms with van der Waals surface area (Å²) < 4.78 is 6.01. The predicted molar refractivity (Wildman–Crippen MR) is 69.5 cm³/mol. The summed E-state index contributed by atoms with van der Waals surface area (Å²) in [6.07, 6.45) is 11.4. The van der Waals surface area contributed by atoms with Crippen molar-refractivity contribution in [2.24, 2.45) is 5.73 Å². The molecule has 0 saturated heterocycles. The molecule has 2 heteroatoms. The quantitative estimate of drug-likeness (QED) is 0.532. The van der Waals surface area contributed by atoms with E-state index in [9.17, 15) is 0 Å². The fraction of sp³-hybridized carbons (Fsp3) is 0.857. The third-order valence-electron chi connectivity index (χ3n) is 3.73. The number of hydrogen-bond acceptors (Lipinski definition) is 2. The Hall–Kier alpha value is -0.340. The van der Waals surface area contributed by atoms with Gasteiger partial charge in [-0.3, -0.25) is 0 Å². The zero-order chi connectivity index (χ0) is 11.9. The fourth-order valence-corrected chi connectivity index (χ4v) is 2.81. The molecule has 1 rings (SSSR count). The number of rotatable bonds is 7. The molecular formula is C14H27NO. The van der Waals surface area contributed by atoms with E-state index in [0.717, 1.165) is 38.7 Å². The molecule has 0 aromatic heterocycles. The normalized spacial score (nSPS) is 21.6. The standard InChI is InChI=1S/C14H27NO/c1-3-5-7-10-13(15)14(16-4-2)11-8-6-9-12-14/h3,13H,1,4-12,15H2,2H3. The van der Waals surface area contributed by atoms with E-state index in [0.29, 0.717) is 0 Å². The van der Waals surface area contributed by atoms with Crippen molar-refractivity contribution in [3.05, 3.63) is 12.7 Å². The first-order valence-electron chi connectivity index (χ1n) is 6.75. The monoisotopic (exact) mass is 225 g/mol. The van der Waals surface area contributed by atoms with Crippen LogP contribution in [0, 0.1) is 0 Å². The van der Waals surface area contributed by atoms with Crippen molar-refractivity contribution in [1.29, 1.82) is 0 Å². The van der Waals surface area contributed by atoms with Gasteiger partial charge in [0.15, 0.2) is 0 Å². The Bertz CT molecular complexity index is 191. The Balaban J connectivity index is 2.49. The van der Waals surface area contributed by atoms with Crippen molar-refractivity contribution in [3.8, 4) is 0 Å². The van der Waals surface area contributed by atoms with Crippen molar-refractivity contribution in [3.63, 3.8) is 0 Å². The largest absolute Gasteiger partial charge is 0.374 e. The lowest BCUT2D eigenvalue weighted by Crippen LogP contribution is -2.51. The smallest absolute Gasteiger partial charge is 0.0832 e. The highest BCUT2D eigenvalue weighted by Crippen LogP contribution is 2.35. The first-order valence-corrected chi connectivity index (χ1v) is 6.75. The van der Waals surface area contributed by atoms with E-state index in [1.54, 1.807) is 0 Å². The number of allylic oxidation sites excluding steroid dienone is 1. The van der Waals surface area contributed by atoms with Crippen molar-refractivity contribution in [1.82, 2.24) is 0 Å². The van der Waals surface area contributed by atoms with Gasteiger partial charge in [-0.1, -0.05) is 25.3 Å². The van der Waals surface area contributed by atoms with Gasteiger partial charge in [-0.25, -0.2) is 0 Å². The van der Waals surface area contributed by atoms with E-state index in [-0.39, 0.29) is 11.6 Å². The summed E-state index contributed by atoms with van der Waals surface area (Å²) in [5, 5.41) is 0. The fourth-order valence-electron chi connectivity index (χ4n) is 2.81. The van der Waals surface area contributed by atoms with Crippen LogP contribution in [0.1, 0.15) is 58.3 Å². The second-order valence-electron chi connectivity index (χ2n) is 4.88. The van der Waals surface area contributed by atoms with Crippen LogP contribution in [0.4, 0.5) is 0 Å². The summed E-state index contributed by atoms with van der Waals surface area (Å²) in [6, 6.07) is 0.202. The Morgan fingerprint density at radius 3 is 2.62 bits per heavy atom. The lowest BCUT2D eigenvalue weighted by atomic mass is 9.78. The van der Waals surface area contributed by atoms with Gasteiger partial charge in [-0.05, 0) is 39.0 Å². The molecular weight excluding hydrogens is 198 g/mol. The van der Waals surface area contributed by atoms with Gasteiger partial charge in [0.2, 0.25) is 0 Å². The Kier molecular flexibility index (Phi) is 6.07. The maximum atomic E-state index is 6.35. The molecule has 1 saturated carbocycles. The minimum Gasteiger partial charge on any atom is -0.374 e. The van der Waals surface area contributed by atoms with E-state index in [2.05, 4.69) is 13.5 Å². The van der Waals surface area contributed by atoms with Gasteiger partial charge < -0.3 is 10.5 Å². The van der Waals surface area contributed by atoms with E-state index in [1.165, 1.54) is 19.3 Å². The van der Waals surface area contributed by atoms with Crippen molar-refractivity contribution < 1.29 is 4.74 Å². The van der Waals surface area contributed by atoms with Gasteiger partial charge in [0.1, 0.15) is 0 Å². The molecule has 0 aromatic carbocycles. The third kappa shape index (κ3) is 3.60. The SMILES string of the molecule is C=CCCCC(N)C1(OCC)CCCCC1. The Labute approximate surface area is 100 Å². The van der Waals surface area contributed by atoms with Crippen LogP contribution in [0.3, 0.4) is 0 Å². The first kappa shape index (κ1) is 13.7. The number of ether oxygens (including phenoxy) is 1. The molecule has 2 nitrogen and oxygen atoms in total. The van der Waals surface area contributed by atoms with Crippen LogP contribution in [0.25, 0.3) is 0 Å². The Morgan fingerprint density at radius 1 is 1.38 bits per heavy atom. The van der Waals surface area contributed by atoms with Gasteiger partial charge in [0.25, 0.3) is 0 Å². The molecule has 0 radical (unpaired) electrons. The van der Waals surface area contributed by atoms with Crippen LogP contribution >= 0.6 is 0 Å². The third-order valence-corrected chi connectivity index (χ3v) is 3.73. The average Bonchev–Trinajstić information content (AvgIpc) is 2.31. The zero-order valence-electron chi connectivity index (χ0n) is 10.7. The molecule has 1 aliphatic rings. The van der Waals surface area contributed by atoms with Gasteiger partial charge in [0, 0.05) is 12.6 Å². The van der Waals surface area contributed by atoms with Crippen molar-refractivity contribution in [2.75, 3.05) is 6.61 Å². The highest BCUT2D eigenvalue weighted by atomic mass is 16.5. The second-order valence-corrected chi connectivity index (χ2v) is 4.88. The molecule has 16 heavy (non-hydrogen) atoms. The average molecular weight is 225 g/mol. The predicted octanol–water partition coefficient (Wildman–Crippen LogP) is 3.41. The van der Waals surface area contributed by atoms with E-state index < -0.39 is 0 Å². The number of nitrogens with two attached hydrogens (primary N) is 1. The molecule has 0 bridgehead atoms. The molecule has 1 aliphatic carbocycles. The zero-order valence-corrected chi connectivity index (χ0v) is 10.7. The van der Waals surface area contributed by atoms with Gasteiger partial charge in [0.05, 0.1) is 5.60 Å². The van der Waals surface area contributed by atoms with Crippen LogP contribution in [0.2, 0.25) is 0 Å². The van der Waals surface area contributed by atoms with Gasteiger partial charge >= 0.3 is 0 Å². The summed E-state index contributed by atoms with van der Waals surface area (Å²) in [7, 11) is 0. The molecule has 0 amide bonds. The highest BCUT2D eigenvalue weighted by molar-refractivity contribution is 4.94. The minimum absolute atomic E-state index is 0.0197. The molecule has 0 spiro atoms. The molecule has 2 N–H and O–H groups in total. The summed E-state index contributed by atoms with van der Waals surface area (Å²) in [5.41, 5.74) is 6.33. The molecule has 0 aromatic rings. The molecule has 1 atom stereocenters. The maximum Gasteiger partial charge on any atom is 0.0832 e. The highest BCUT2D eigenvalue weighted by Gasteiger charge is 2.38. The molecule has 1 unspecified atom stereocenters. The lowest BCUT2D eigenvalue weighted by molar-refractivity contribution is -0.0835. The van der Waals surface area contributed by atoms with Crippen molar-refractivity contribution in [2.45, 2.75) is 69.9 Å². The lowest BCUT2D eigenvalue weighted by Gasteiger charge is -2.41. The first-order chi connectivity index (χ1) is 7.75.